The lowest BCUT2D eigenvalue weighted by atomic mass is 9.66. The van der Waals surface area contributed by atoms with Gasteiger partial charge in [0, 0.05) is 5.69 Å². The summed E-state index contributed by atoms with van der Waals surface area (Å²) in [5.74, 6) is -1.82. The zero-order valence-corrected chi connectivity index (χ0v) is 11.5. The second kappa shape index (κ2) is 3.74. The minimum Gasteiger partial charge on any atom is -0.481 e. The first-order chi connectivity index (χ1) is 9.99. The van der Waals surface area contributed by atoms with Crippen LogP contribution in [0.25, 0.3) is 0 Å². The van der Waals surface area contributed by atoms with Gasteiger partial charge in [0.05, 0.1) is 18.6 Å². The van der Waals surface area contributed by atoms with Crippen LogP contribution in [-0.2, 0) is 14.3 Å². The van der Waals surface area contributed by atoms with Crippen LogP contribution in [0.15, 0.2) is 42.5 Å². The van der Waals surface area contributed by atoms with Gasteiger partial charge in [-0.3, -0.25) is 9.59 Å². The number of para-hydroxylation sites is 1. The molecule has 2 saturated heterocycles. The third-order valence-electron chi connectivity index (χ3n) is 5.03. The van der Waals surface area contributed by atoms with Crippen molar-refractivity contribution >= 4 is 17.6 Å². The number of fused-ring (bicyclic) bond motifs is 1. The Bertz CT molecular complexity index is 670. The van der Waals surface area contributed by atoms with Gasteiger partial charge in [-0.05, 0) is 19.1 Å². The highest BCUT2D eigenvalue weighted by atomic mass is 16.5. The maximum absolute atomic E-state index is 12.8. The highest BCUT2D eigenvalue weighted by Gasteiger charge is 2.73. The number of aliphatic carboxylic acids is 1. The van der Waals surface area contributed by atoms with E-state index in [1.54, 1.807) is 17.9 Å². The van der Waals surface area contributed by atoms with Crippen molar-refractivity contribution in [1.29, 1.82) is 0 Å². The molecule has 0 unspecified atom stereocenters. The van der Waals surface area contributed by atoms with Crippen molar-refractivity contribution in [2.75, 3.05) is 11.4 Å². The number of hydrogen-bond donors (Lipinski definition) is 1. The lowest BCUT2D eigenvalue weighted by Gasteiger charge is -2.30. The molecule has 4 rings (SSSR count). The Hall–Kier alpha value is -2.14. The van der Waals surface area contributed by atoms with Crippen LogP contribution in [-0.4, -0.2) is 35.2 Å². The normalized spacial score (nSPS) is 39.9. The van der Waals surface area contributed by atoms with Gasteiger partial charge in [-0.15, -0.1) is 0 Å². The second-order valence-electron chi connectivity index (χ2n) is 6.13. The fraction of sp³-hybridized carbons (Fsp3) is 0.375. The lowest BCUT2D eigenvalue weighted by Crippen LogP contribution is -2.47. The highest BCUT2D eigenvalue weighted by Crippen LogP contribution is 2.58. The molecular weight excluding hydrogens is 270 g/mol. The smallest absolute Gasteiger partial charge is 0.313 e. The number of carbonyl (C=O) groups is 2. The van der Waals surface area contributed by atoms with E-state index in [1.165, 1.54) is 0 Å². The van der Waals surface area contributed by atoms with E-state index in [0.717, 1.165) is 5.69 Å². The van der Waals surface area contributed by atoms with Gasteiger partial charge >= 0.3 is 5.97 Å². The molecule has 108 valence electrons. The van der Waals surface area contributed by atoms with Gasteiger partial charge in [-0.2, -0.15) is 0 Å². The number of carbonyl (C=O) groups excluding carboxylic acids is 1. The van der Waals surface area contributed by atoms with Crippen LogP contribution >= 0.6 is 0 Å². The van der Waals surface area contributed by atoms with E-state index in [0.29, 0.717) is 6.54 Å². The van der Waals surface area contributed by atoms with Crippen LogP contribution in [0.2, 0.25) is 0 Å². The summed E-state index contributed by atoms with van der Waals surface area (Å²) in [4.78, 5) is 26.2. The van der Waals surface area contributed by atoms with E-state index in [2.05, 4.69) is 0 Å². The first-order valence-corrected chi connectivity index (χ1v) is 6.96. The van der Waals surface area contributed by atoms with Crippen molar-refractivity contribution < 1.29 is 19.4 Å². The van der Waals surface area contributed by atoms with Crippen molar-refractivity contribution in [3.63, 3.8) is 0 Å². The summed E-state index contributed by atoms with van der Waals surface area (Å²) in [7, 11) is 0. The largest absolute Gasteiger partial charge is 0.481 e. The van der Waals surface area contributed by atoms with E-state index in [1.807, 2.05) is 36.4 Å². The third kappa shape index (κ3) is 1.34. The molecule has 3 aliphatic rings. The maximum atomic E-state index is 12.8. The Kier molecular flexibility index (Phi) is 2.24. The number of carboxylic acids is 1. The topological polar surface area (TPSA) is 66.8 Å². The summed E-state index contributed by atoms with van der Waals surface area (Å²) in [6.45, 7) is 1.98. The molecule has 5 nitrogen and oxygen atoms in total. The molecule has 3 aliphatic heterocycles. The Morgan fingerprint density at radius 3 is 2.76 bits per heavy atom. The first kappa shape index (κ1) is 12.6. The van der Waals surface area contributed by atoms with Crippen LogP contribution in [0.4, 0.5) is 5.69 Å². The van der Waals surface area contributed by atoms with Crippen molar-refractivity contribution in [2.45, 2.75) is 18.6 Å². The van der Waals surface area contributed by atoms with Gasteiger partial charge in [-0.1, -0.05) is 30.4 Å². The highest BCUT2D eigenvalue weighted by molar-refractivity contribution is 6.03. The molecule has 0 aromatic heterocycles. The number of nitrogens with zero attached hydrogens (tertiary/aromatic N) is 1. The number of benzene rings is 1. The predicted molar refractivity (Wildman–Crippen MR) is 74.8 cm³/mol. The van der Waals surface area contributed by atoms with Gasteiger partial charge < -0.3 is 14.7 Å². The second-order valence-corrected chi connectivity index (χ2v) is 6.13. The van der Waals surface area contributed by atoms with Crippen LogP contribution < -0.4 is 4.90 Å². The Balaban J connectivity index is 1.81. The van der Waals surface area contributed by atoms with E-state index < -0.39 is 29.0 Å². The molecule has 1 aromatic carbocycles. The average Bonchev–Trinajstić information content (AvgIpc) is 3.09. The van der Waals surface area contributed by atoms with E-state index in [9.17, 15) is 14.7 Å². The summed E-state index contributed by atoms with van der Waals surface area (Å²) in [6.07, 6.45) is 3.13. The number of hydrogen-bond acceptors (Lipinski definition) is 3. The van der Waals surface area contributed by atoms with Crippen molar-refractivity contribution in [2.24, 2.45) is 11.3 Å². The molecule has 3 heterocycles. The van der Waals surface area contributed by atoms with Crippen LogP contribution in [0.3, 0.4) is 0 Å². The summed E-state index contributed by atoms with van der Waals surface area (Å²) < 4.78 is 5.93. The van der Waals surface area contributed by atoms with Gasteiger partial charge in [0.25, 0.3) is 0 Å². The molecule has 2 fully saturated rings. The van der Waals surface area contributed by atoms with Gasteiger partial charge in [0.15, 0.2) is 0 Å². The van der Waals surface area contributed by atoms with Crippen molar-refractivity contribution in [3.05, 3.63) is 42.5 Å². The van der Waals surface area contributed by atoms with E-state index in [4.69, 9.17) is 4.74 Å². The van der Waals surface area contributed by atoms with Crippen LogP contribution in [0, 0.1) is 11.3 Å². The average molecular weight is 285 g/mol. The predicted octanol–water partition coefficient (Wildman–Crippen LogP) is 1.45. The number of amides is 1. The van der Waals surface area contributed by atoms with Crippen molar-refractivity contribution in [3.8, 4) is 0 Å². The summed E-state index contributed by atoms with van der Waals surface area (Å²) in [5.41, 5.74) is -1.22. The number of carboxylic acid groups (broad SMARTS) is 1. The van der Waals surface area contributed by atoms with Gasteiger partial charge in [0.2, 0.25) is 5.91 Å². The van der Waals surface area contributed by atoms with E-state index in [-0.39, 0.29) is 5.91 Å². The molecule has 21 heavy (non-hydrogen) atoms. The zero-order chi connectivity index (χ0) is 14.8. The molecule has 1 spiro atoms. The summed E-state index contributed by atoms with van der Waals surface area (Å²) in [6, 6.07) is 9.30. The fourth-order valence-corrected chi connectivity index (χ4v) is 3.92. The molecule has 0 aliphatic carbocycles. The lowest BCUT2D eigenvalue weighted by molar-refractivity contribution is -0.154. The standard InChI is InChI=1S/C16H15NO4/c1-15(14(19)20)11-7-8-16(21-11)9-17(13(18)12(15)16)10-5-3-2-4-6-10/h2-8,11-12H,9H2,1H3,(H,19,20)/t11-,12+,15+,16+/m0/s1. The minimum atomic E-state index is -1.20. The van der Waals surface area contributed by atoms with Gasteiger partial charge in [-0.25, -0.2) is 0 Å². The molecule has 4 atom stereocenters. The van der Waals surface area contributed by atoms with Crippen LogP contribution in [0.1, 0.15) is 6.92 Å². The molecule has 5 heteroatoms. The number of ether oxygens (including phenoxy) is 1. The fourth-order valence-electron chi connectivity index (χ4n) is 3.92. The molecular formula is C16H15NO4. The van der Waals surface area contributed by atoms with E-state index >= 15 is 0 Å². The monoisotopic (exact) mass is 285 g/mol. The molecule has 1 aromatic rings. The van der Waals surface area contributed by atoms with Gasteiger partial charge in [0.1, 0.15) is 11.0 Å². The van der Waals surface area contributed by atoms with Crippen molar-refractivity contribution in [1.82, 2.24) is 0 Å². The minimum absolute atomic E-state index is 0.169. The molecule has 1 N–H and O–H groups in total. The third-order valence-corrected chi connectivity index (χ3v) is 5.03. The molecule has 2 bridgehead atoms. The van der Waals surface area contributed by atoms with Crippen LogP contribution in [0.5, 0.6) is 0 Å². The summed E-state index contributed by atoms with van der Waals surface area (Å²) in [5, 5.41) is 9.63. The Morgan fingerprint density at radius 1 is 1.38 bits per heavy atom. The zero-order valence-electron chi connectivity index (χ0n) is 11.5. The maximum Gasteiger partial charge on any atom is 0.313 e. The summed E-state index contributed by atoms with van der Waals surface area (Å²) >= 11 is 0. The quantitative estimate of drug-likeness (QED) is 0.835. The number of rotatable bonds is 2. The Labute approximate surface area is 121 Å². The molecule has 1 amide bonds. The first-order valence-electron chi connectivity index (χ1n) is 6.96. The molecule has 0 radical (unpaired) electrons. The molecule has 0 saturated carbocycles. The number of anilines is 1. The Morgan fingerprint density at radius 2 is 2.10 bits per heavy atom. The SMILES string of the molecule is C[C@@]1(C(=O)O)[C@@H]2C=C[C@]3(CN(c4ccccc4)C(=O)[C@H]13)O2.